The van der Waals surface area contributed by atoms with Crippen molar-refractivity contribution in [1.29, 1.82) is 0 Å². The number of hydrogen-bond donors (Lipinski definition) is 3. The molecule has 0 aromatic heterocycles. The standard InChI is InChI=1S/C22H38N4O2/c1-5-23-22(24-14-21(27)16-28-15-17(2)3)25-18(4)19-9-8-10-20(13-19)26-11-6-7-12-26/h8-10,13,17-18,21,27H,5-7,11-12,14-16H2,1-4H3,(H2,23,24,25). The summed E-state index contributed by atoms with van der Waals surface area (Å²) in [6.45, 7) is 12.7. The van der Waals surface area contributed by atoms with Crippen LogP contribution in [0.1, 0.15) is 52.1 Å². The van der Waals surface area contributed by atoms with Crippen LogP contribution >= 0.6 is 0 Å². The Hall–Kier alpha value is -1.79. The number of aliphatic imine (C=N–C) groups is 1. The van der Waals surface area contributed by atoms with Gasteiger partial charge in [-0.25, -0.2) is 0 Å². The van der Waals surface area contributed by atoms with Gasteiger partial charge in [0, 0.05) is 31.9 Å². The van der Waals surface area contributed by atoms with Crippen LogP contribution in [-0.2, 0) is 4.74 Å². The lowest BCUT2D eigenvalue weighted by Crippen LogP contribution is -2.39. The molecule has 0 amide bonds. The molecule has 158 valence electrons. The van der Waals surface area contributed by atoms with Crippen molar-refractivity contribution in [2.45, 2.75) is 52.7 Å². The second kappa shape index (κ2) is 11.9. The lowest BCUT2D eigenvalue weighted by Gasteiger charge is -2.22. The van der Waals surface area contributed by atoms with Gasteiger partial charge in [-0.1, -0.05) is 26.0 Å². The monoisotopic (exact) mass is 390 g/mol. The molecule has 3 N–H and O–H groups in total. The number of hydrogen-bond acceptors (Lipinski definition) is 4. The molecular formula is C22H38N4O2. The Morgan fingerprint density at radius 2 is 1.96 bits per heavy atom. The van der Waals surface area contributed by atoms with Gasteiger partial charge in [-0.05, 0) is 50.3 Å². The van der Waals surface area contributed by atoms with Gasteiger partial charge >= 0.3 is 0 Å². The van der Waals surface area contributed by atoms with E-state index in [1.165, 1.54) is 24.1 Å². The van der Waals surface area contributed by atoms with Crippen LogP contribution in [0, 0.1) is 5.92 Å². The number of anilines is 1. The van der Waals surface area contributed by atoms with E-state index in [2.05, 4.69) is 65.6 Å². The Morgan fingerprint density at radius 3 is 2.64 bits per heavy atom. The van der Waals surface area contributed by atoms with E-state index in [0.29, 0.717) is 31.6 Å². The first-order chi connectivity index (χ1) is 13.5. The maximum absolute atomic E-state index is 10.1. The number of aliphatic hydroxyl groups excluding tert-OH is 1. The molecule has 0 spiro atoms. The molecule has 0 bridgehead atoms. The molecule has 1 fully saturated rings. The first-order valence-electron chi connectivity index (χ1n) is 10.6. The molecule has 2 unspecified atom stereocenters. The summed E-state index contributed by atoms with van der Waals surface area (Å²) in [7, 11) is 0. The Morgan fingerprint density at radius 1 is 1.21 bits per heavy atom. The Bertz CT molecular complexity index is 600. The zero-order valence-corrected chi connectivity index (χ0v) is 17.9. The smallest absolute Gasteiger partial charge is 0.191 e. The lowest BCUT2D eigenvalue weighted by molar-refractivity contribution is 0.0301. The van der Waals surface area contributed by atoms with E-state index >= 15 is 0 Å². The van der Waals surface area contributed by atoms with Crippen LogP contribution in [0.5, 0.6) is 0 Å². The Balaban J connectivity index is 1.92. The van der Waals surface area contributed by atoms with E-state index < -0.39 is 6.10 Å². The van der Waals surface area contributed by atoms with Crippen molar-refractivity contribution < 1.29 is 9.84 Å². The third-order valence-corrected chi connectivity index (χ3v) is 4.76. The lowest BCUT2D eigenvalue weighted by atomic mass is 10.1. The van der Waals surface area contributed by atoms with Gasteiger partial charge < -0.3 is 25.4 Å². The van der Waals surface area contributed by atoms with Gasteiger partial charge in [0.15, 0.2) is 5.96 Å². The second-order valence-electron chi connectivity index (χ2n) is 7.96. The third kappa shape index (κ3) is 7.68. The predicted molar refractivity (Wildman–Crippen MR) is 117 cm³/mol. The molecule has 2 rings (SSSR count). The average molecular weight is 391 g/mol. The van der Waals surface area contributed by atoms with Gasteiger partial charge in [-0.3, -0.25) is 4.99 Å². The molecule has 0 saturated carbocycles. The number of aliphatic hydroxyl groups is 1. The molecule has 1 heterocycles. The highest BCUT2D eigenvalue weighted by Gasteiger charge is 2.15. The van der Waals surface area contributed by atoms with E-state index in [9.17, 15) is 5.11 Å². The first-order valence-corrected chi connectivity index (χ1v) is 10.6. The van der Waals surface area contributed by atoms with Crippen molar-refractivity contribution in [1.82, 2.24) is 10.6 Å². The number of benzene rings is 1. The second-order valence-corrected chi connectivity index (χ2v) is 7.96. The van der Waals surface area contributed by atoms with Crippen LogP contribution in [0.3, 0.4) is 0 Å². The van der Waals surface area contributed by atoms with Crippen molar-refractivity contribution in [3.8, 4) is 0 Å². The van der Waals surface area contributed by atoms with Crippen molar-refractivity contribution in [3.63, 3.8) is 0 Å². The van der Waals surface area contributed by atoms with Crippen LogP contribution in [0.15, 0.2) is 29.3 Å². The Labute approximate surface area is 170 Å². The molecule has 6 heteroatoms. The first kappa shape index (κ1) is 22.5. The molecule has 6 nitrogen and oxygen atoms in total. The summed E-state index contributed by atoms with van der Waals surface area (Å²) in [5.41, 5.74) is 2.53. The van der Waals surface area contributed by atoms with Crippen LogP contribution in [0.2, 0.25) is 0 Å². The molecule has 0 radical (unpaired) electrons. The van der Waals surface area contributed by atoms with Crippen molar-refractivity contribution in [2.24, 2.45) is 10.9 Å². The van der Waals surface area contributed by atoms with Gasteiger partial charge in [-0.15, -0.1) is 0 Å². The molecule has 0 aliphatic carbocycles. The number of ether oxygens (including phenoxy) is 1. The van der Waals surface area contributed by atoms with E-state index in [0.717, 1.165) is 19.6 Å². The minimum atomic E-state index is -0.594. The van der Waals surface area contributed by atoms with Gasteiger partial charge in [0.1, 0.15) is 0 Å². The summed E-state index contributed by atoms with van der Waals surface area (Å²) in [5.74, 6) is 1.18. The van der Waals surface area contributed by atoms with Crippen LogP contribution in [0.25, 0.3) is 0 Å². The van der Waals surface area contributed by atoms with Crippen LogP contribution in [-0.4, -0.2) is 56.6 Å². The van der Waals surface area contributed by atoms with Crippen molar-refractivity contribution in [3.05, 3.63) is 29.8 Å². The van der Waals surface area contributed by atoms with E-state index in [1.807, 2.05) is 6.92 Å². The van der Waals surface area contributed by atoms with E-state index in [-0.39, 0.29) is 6.04 Å². The molecule has 1 saturated heterocycles. The number of guanidine groups is 1. The summed E-state index contributed by atoms with van der Waals surface area (Å²) in [4.78, 5) is 6.98. The molecule has 1 aliphatic rings. The minimum Gasteiger partial charge on any atom is -0.389 e. The summed E-state index contributed by atoms with van der Waals surface area (Å²) in [5, 5.41) is 16.8. The Kier molecular flexibility index (Phi) is 9.58. The van der Waals surface area contributed by atoms with Crippen LogP contribution < -0.4 is 15.5 Å². The normalized spacial score (nSPS) is 17.1. The van der Waals surface area contributed by atoms with E-state index in [1.54, 1.807) is 0 Å². The maximum Gasteiger partial charge on any atom is 0.191 e. The quantitative estimate of drug-likeness (QED) is 0.423. The fourth-order valence-electron chi connectivity index (χ4n) is 3.26. The molecule has 2 atom stereocenters. The summed E-state index contributed by atoms with van der Waals surface area (Å²) in [6, 6.07) is 8.85. The highest BCUT2D eigenvalue weighted by molar-refractivity contribution is 5.80. The molecule has 28 heavy (non-hydrogen) atoms. The van der Waals surface area contributed by atoms with Gasteiger partial charge in [0.2, 0.25) is 0 Å². The number of rotatable bonds is 10. The fourth-order valence-corrected chi connectivity index (χ4v) is 3.26. The summed E-state index contributed by atoms with van der Waals surface area (Å²) in [6.07, 6.45) is 1.96. The topological polar surface area (TPSA) is 69.1 Å². The molecule has 1 aromatic rings. The SMILES string of the molecule is CCNC(=NCC(O)COCC(C)C)NC(C)c1cccc(N2CCCC2)c1. The zero-order valence-electron chi connectivity index (χ0n) is 17.9. The minimum absolute atomic E-state index is 0.120. The van der Waals surface area contributed by atoms with Gasteiger partial charge in [0.25, 0.3) is 0 Å². The zero-order chi connectivity index (χ0) is 20.4. The predicted octanol–water partition coefficient (Wildman–Crippen LogP) is 2.94. The van der Waals surface area contributed by atoms with E-state index in [4.69, 9.17) is 4.74 Å². The molecular weight excluding hydrogens is 352 g/mol. The highest BCUT2D eigenvalue weighted by atomic mass is 16.5. The molecule has 1 aliphatic heterocycles. The summed E-state index contributed by atoms with van der Waals surface area (Å²) >= 11 is 0. The number of nitrogens with one attached hydrogen (secondary N) is 2. The van der Waals surface area contributed by atoms with Gasteiger partial charge in [-0.2, -0.15) is 0 Å². The fraction of sp³-hybridized carbons (Fsp3) is 0.682. The molecule has 1 aromatic carbocycles. The van der Waals surface area contributed by atoms with Gasteiger partial charge in [0.05, 0.1) is 25.3 Å². The van der Waals surface area contributed by atoms with Crippen LogP contribution in [0.4, 0.5) is 5.69 Å². The largest absolute Gasteiger partial charge is 0.389 e. The number of nitrogens with zero attached hydrogens (tertiary/aromatic N) is 2. The maximum atomic E-state index is 10.1. The van der Waals surface area contributed by atoms with Crippen molar-refractivity contribution >= 4 is 11.6 Å². The third-order valence-electron chi connectivity index (χ3n) is 4.76. The average Bonchev–Trinajstić information content (AvgIpc) is 3.21. The summed E-state index contributed by atoms with van der Waals surface area (Å²) < 4.78 is 5.50. The highest BCUT2D eigenvalue weighted by Crippen LogP contribution is 2.23. The van der Waals surface area contributed by atoms with Crippen molar-refractivity contribution in [2.75, 3.05) is 44.3 Å².